The van der Waals surface area contributed by atoms with E-state index in [2.05, 4.69) is 5.16 Å². The van der Waals surface area contributed by atoms with E-state index in [0.717, 1.165) is 17.0 Å². The smallest absolute Gasteiger partial charge is 0.340 e. The first-order valence-electron chi connectivity index (χ1n) is 6.25. The molecule has 3 aromatic rings. The number of carbonyl (C=O) groups is 1. The van der Waals surface area contributed by atoms with Crippen molar-refractivity contribution in [3.63, 3.8) is 0 Å². The molecule has 0 spiro atoms. The van der Waals surface area contributed by atoms with Crippen molar-refractivity contribution in [3.8, 4) is 10.6 Å². The van der Waals surface area contributed by atoms with Crippen LogP contribution in [-0.2, 0) is 11.3 Å². The number of hydrogen-bond acceptors (Lipinski definition) is 5. The molecule has 22 heavy (non-hydrogen) atoms. The van der Waals surface area contributed by atoms with E-state index < -0.39 is 11.8 Å². The Morgan fingerprint density at radius 2 is 2.23 bits per heavy atom. The first kappa shape index (κ1) is 14.7. The van der Waals surface area contributed by atoms with Crippen LogP contribution in [0.5, 0.6) is 0 Å². The third kappa shape index (κ3) is 3.18. The summed E-state index contributed by atoms with van der Waals surface area (Å²) in [5.74, 6) is -0.551. The van der Waals surface area contributed by atoms with Crippen LogP contribution in [0.1, 0.15) is 16.1 Å². The number of nitrogens with zero attached hydrogens (tertiary/aromatic N) is 1. The van der Waals surface area contributed by atoms with Crippen molar-refractivity contribution in [2.75, 3.05) is 0 Å². The molecular formula is C15H9ClFNO3S. The van der Waals surface area contributed by atoms with Crippen LogP contribution in [-0.4, -0.2) is 11.1 Å². The van der Waals surface area contributed by atoms with Gasteiger partial charge in [-0.2, -0.15) is 0 Å². The molecule has 0 radical (unpaired) electrons. The monoisotopic (exact) mass is 337 g/mol. The number of carbonyl (C=O) groups excluding carboxylic acids is 1. The maximum absolute atomic E-state index is 12.9. The molecule has 2 aromatic heterocycles. The molecule has 1 aromatic carbocycles. The Morgan fingerprint density at radius 1 is 1.36 bits per heavy atom. The molecule has 0 N–H and O–H groups in total. The summed E-state index contributed by atoms with van der Waals surface area (Å²) in [6.45, 7) is -0.0542. The number of benzene rings is 1. The van der Waals surface area contributed by atoms with Gasteiger partial charge in [0.2, 0.25) is 0 Å². The number of esters is 1. The van der Waals surface area contributed by atoms with Crippen LogP contribution in [0.4, 0.5) is 4.39 Å². The van der Waals surface area contributed by atoms with Crippen molar-refractivity contribution in [2.45, 2.75) is 6.61 Å². The van der Waals surface area contributed by atoms with Crippen LogP contribution in [0.15, 0.2) is 46.3 Å². The highest BCUT2D eigenvalue weighted by molar-refractivity contribution is 7.13. The minimum atomic E-state index is -0.648. The van der Waals surface area contributed by atoms with Gasteiger partial charge in [-0.1, -0.05) is 22.8 Å². The molecule has 0 amide bonds. The Bertz CT molecular complexity index is 801. The molecule has 3 rings (SSSR count). The predicted octanol–water partition coefficient (Wildman–Crippen LogP) is 4.55. The van der Waals surface area contributed by atoms with Gasteiger partial charge in [0.05, 0.1) is 15.5 Å². The van der Waals surface area contributed by atoms with Gasteiger partial charge in [-0.05, 0) is 29.6 Å². The number of rotatable bonds is 4. The van der Waals surface area contributed by atoms with Gasteiger partial charge in [0.15, 0.2) is 5.76 Å². The second-order valence-electron chi connectivity index (χ2n) is 4.36. The summed E-state index contributed by atoms with van der Waals surface area (Å²) in [7, 11) is 0. The highest BCUT2D eigenvalue weighted by Crippen LogP contribution is 2.25. The molecule has 0 aliphatic rings. The highest BCUT2D eigenvalue weighted by Gasteiger charge is 2.14. The Morgan fingerprint density at radius 3 is 2.95 bits per heavy atom. The van der Waals surface area contributed by atoms with E-state index in [-0.39, 0.29) is 17.2 Å². The van der Waals surface area contributed by atoms with Crippen LogP contribution < -0.4 is 0 Å². The topological polar surface area (TPSA) is 52.3 Å². The standard InChI is InChI=1S/C15H9ClFNO3S/c16-12-6-9(17)3-4-11(12)15(19)20-8-10-7-13(21-18-10)14-2-1-5-22-14/h1-7H,8H2. The fourth-order valence-electron chi connectivity index (χ4n) is 1.79. The quantitative estimate of drug-likeness (QED) is 0.655. The van der Waals surface area contributed by atoms with E-state index in [9.17, 15) is 9.18 Å². The molecule has 0 bridgehead atoms. The second kappa shape index (κ2) is 6.29. The van der Waals surface area contributed by atoms with Gasteiger partial charge in [0.1, 0.15) is 18.1 Å². The first-order chi connectivity index (χ1) is 10.6. The van der Waals surface area contributed by atoms with Crippen molar-refractivity contribution in [1.29, 1.82) is 0 Å². The van der Waals surface area contributed by atoms with E-state index in [0.29, 0.717) is 11.5 Å². The summed E-state index contributed by atoms with van der Waals surface area (Å²) in [6.07, 6.45) is 0. The summed E-state index contributed by atoms with van der Waals surface area (Å²) in [5, 5.41) is 5.76. The average molecular weight is 338 g/mol. The van der Waals surface area contributed by atoms with E-state index in [4.69, 9.17) is 20.9 Å². The lowest BCUT2D eigenvalue weighted by Gasteiger charge is -2.04. The zero-order chi connectivity index (χ0) is 15.5. The zero-order valence-electron chi connectivity index (χ0n) is 11.1. The van der Waals surface area contributed by atoms with E-state index in [1.165, 1.54) is 17.4 Å². The van der Waals surface area contributed by atoms with Crippen molar-refractivity contribution in [3.05, 3.63) is 63.9 Å². The van der Waals surface area contributed by atoms with Crippen molar-refractivity contribution in [2.24, 2.45) is 0 Å². The fourth-order valence-corrected chi connectivity index (χ4v) is 2.70. The fraction of sp³-hybridized carbons (Fsp3) is 0.0667. The van der Waals surface area contributed by atoms with Gasteiger partial charge in [0, 0.05) is 6.07 Å². The van der Waals surface area contributed by atoms with Crippen LogP contribution in [0, 0.1) is 5.82 Å². The SMILES string of the molecule is O=C(OCc1cc(-c2cccs2)on1)c1ccc(F)cc1Cl. The molecule has 0 saturated carbocycles. The molecule has 2 heterocycles. The van der Waals surface area contributed by atoms with Crippen molar-refractivity contribution in [1.82, 2.24) is 5.16 Å². The molecule has 0 atom stereocenters. The van der Waals surface area contributed by atoms with Crippen LogP contribution in [0.2, 0.25) is 5.02 Å². The molecule has 112 valence electrons. The number of ether oxygens (including phenoxy) is 1. The maximum Gasteiger partial charge on any atom is 0.340 e. The van der Waals surface area contributed by atoms with Gasteiger partial charge >= 0.3 is 5.97 Å². The third-order valence-corrected chi connectivity index (χ3v) is 4.02. The molecule has 0 saturated heterocycles. The van der Waals surface area contributed by atoms with Crippen LogP contribution in [0.3, 0.4) is 0 Å². The van der Waals surface area contributed by atoms with Gasteiger partial charge in [0.25, 0.3) is 0 Å². The summed E-state index contributed by atoms with van der Waals surface area (Å²) >= 11 is 7.32. The lowest BCUT2D eigenvalue weighted by atomic mass is 10.2. The molecule has 0 fully saturated rings. The molecule has 4 nitrogen and oxygen atoms in total. The molecule has 0 aliphatic carbocycles. The second-order valence-corrected chi connectivity index (χ2v) is 5.71. The number of thiophene rings is 1. The lowest BCUT2D eigenvalue weighted by Crippen LogP contribution is -2.06. The van der Waals surface area contributed by atoms with Gasteiger partial charge in [-0.15, -0.1) is 11.3 Å². The summed E-state index contributed by atoms with van der Waals surface area (Å²) in [4.78, 5) is 12.8. The lowest BCUT2D eigenvalue weighted by molar-refractivity contribution is 0.0464. The number of hydrogen-bond donors (Lipinski definition) is 0. The minimum Gasteiger partial charge on any atom is -0.455 e. The third-order valence-electron chi connectivity index (χ3n) is 2.83. The number of aromatic nitrogens is 1. The summed E-state index contributed by atoms with van der Waals surface area (Å²) in [6, 6.07) is 8.99. The Hall–Kier alpha value is -2.18. The number of halogens is 2. The van der Waals surface area contributed by atoms with E-state index in [1.54, 1.807) is 6.07 Å². The van der Waals surface area contributed by atoms with Gasteiger partial charge < -0.3 is 9.26 Å². The Kier molecular flexibility index (Phi) is 4.22. The summed E-state index contributed by atoms with van der Waals surface area (Å²) in [5.41, 5.74) is 0.583. The Balaban J connectivity index is 1.66. The van der Waals surface area contributed by atoms with E-state index in [1.807, 2.05) is 17.5 Å². The molecule has 0 aliphatic heterocycles. The van der Waals surface area contributed by atoms with Gasteiger partial charge in [-0.25, -0.2) is 9.18 Å². The molecule has 0 unspecified atom stereocenters. The zero-order valence-corrected chi connectivity index (χ0v) is 12.7. The largest absolute Gasteiger partial charge is 0.455 e. The predicted molar refractivity (Wildman–Crippen MR) is 80.3 cm³/mol. The first-order valence-corrected chi connectivity index (χ1v) is 7.51. The molecular weight excluding hydrogens is 329 g/mol. The maximum atomic E-state index is 12.9. The minimum absolute atomic E-state index is 0.00410. The van der Waals surface area contributed by atoms with Crippen molar-refractivity contribution < 1.29 is 18.4 Å². The normalized spacial score (nSPS) is 10.6. The van der Waals surface area contributed by atoms with E-state index >= 15 is 0 Å². The Labute approximate surface area is 134 Å². The van der Waals surface area contributed by atoms with Crippen molar-refractivity contribution >= 4 is 28.9 Å². The van der Waals surface area contributed by atoms with Crippen LogP contribution >= 0.6 is 22.9 Å². The molecule has 7 heteroatoms. The highest BCUT2D eigenvalue weighted by atomic mass is 35.5. The summed E-state index contributed by atoms with van der Waals surface area (Å²) < 4.78 is 23.2. The van der Waals surface area contributed by atoms with Gasteiger partial charge in [-0.3, -0.25) is 0 Å². The average Bonchev–Trinajstić information content (AvgIpc) is 3.16. The van der Waals surface area contributed by atoms with Crippen LogP contribution in [0.25, 0.3) is 10.6 Å².